The molecule has 2 rings (SSSR count). The van der Waals surface area contributed by atoms with E-state index in [0.29, 0.717) is 35.5 Å². The van der Waals surface area contributed by atoms with Gasteiger partial charge in [-0.25, -0.2) is 4.39 Å². The predicted octanol–water partition coefficient (Wildman–Crippen LogP) is 1.57. The Kier molecular flexibility index (Phi) is 4.39. The Bertz CT molecular complexity index is 385. The second-order valence-corrected chi connectivity index (χ2v) is 5.38. The van der Waals surface area contributed by atoms with Crippen LogP contribution < -0.4 is 5.32 Å². The molecule has 94 valence electrons. The number of aliphatic hydroxyl groups excluding tert-OH is 1. The summed E-state index contributed by atoms with van der Waals surface area (Å²) in [5.41, 5.74) is 0.603. The lowest BCUT2D eigenvalue weighted by Crippen LogP contribution is -2.30. The Hall–Kier alpha value is -0.620. The van der Waals surface area contributed by atoms with E-state index in [1.807, 2.05) is 0 Å². The number of hydrogen-bond acceptors (Lipinski definition) is 4. The molecule has 3 nitrogen and oxygen atoms in total. The number of thioether (sulfide) groups is 1. The van der Waals surface area contributed by atoms with Crippen molar-refractivity contribution >= 4 is 11.8 Å². The van der Waals surface area contributed by atoms with Gasteiger partial charge < -0.3 is 15.2 Å². The summed E-state index contributed by atoms with van der Waals surface area (Å²) >= 11 is 1.49. The van der Waals surface area contributed by atoms with Crippen LogP contribution in [0.3, 0.4) is 0 Å². The largest absolute Gasteiger partial charge is 0.387 e. The van der Waals surface area contributed by atoms with Gasteiger partial charge in [-0.05, 0) is 24.7 Å². The number of likely N-dealkylation sites (N-methyl/N-ethyl adjacent to an activating group) is 1. The Morgan fingerprint density at radius 2 is 2.35 bits per heavy atom. The molecule has 0 amide bonds. The number of aliphatic hydroxyl groups is 1. The van der Waals surface area contributed by atoms with E-state index in [0.717, 1.165) is 0 Å². The van der Waals surface area contributed by atoms with Crippen LogP contribution in [-0.4, -0.2) is 37.2 Å². The van der Waals surface area contributed by atoms with Gasteiger partial charge in [-0.3, -0.25) is 0 Å². The molecule has 0 spiro atoms. The van der Waals surface area contributed by atoms with Gasteiger partial charge in [0.1, 0.15) is 5.82 Å². The maximum atomic E-state index is 13.8. The zero-order valence-electron chi connectivity index (χ0n) is 9.65. The van der Waals surface area contributed by atoms with Crippen molar-refractivity contribution in [1.82, 2.24) is 5.32 Å². The van der Waals surface area contributed by atoms with Gasteiger partial charge in [0.2, 0.25) is 0 Å². The Labute approximate surface area is 104 Å². The lowest BCUT2D eigenvalue weighted by molar-refractivity contribution is 0.0455. The normalized spacial score (nSPS) is 17.8. The average molecular weight is 257 g/mol. The highest BCUT2D eigenvalue weighted by atomic mass is 32.2. The highest BCUT2D eigenvalue weighted by Gasteiger charge is 2.21. The molecule has 1 aromatic rings. The number of halogens is 1. The van der Waals surface area contributed by atoms with Crippen LogP contribution in [0.5, 0.6) is 0 Å². The van der Waals surface area contributed by atoms with Crippen molar-refractivity contribution in [3.63, 3.8) is 0 Å². The first-order chi connectivity index (χ1) is 8.20. The van der Waals surface area contributed by atoms with Gasteiger partial charge >= 0.3 is 0 Å². The highest BCUT2D eigenvalue weighted by molar-refractivity contribution is 8.00. The van der Waals surface area contributed by atoms with Gasteiger partial charge in [0, 0.05) is 11.4 Å². The molecule has 0 saturated carbocycles. The van der Waals surface area contributed by atoms with E-state index in [-0.39, 0.29) is 5.82 Å². The van der Waals surface area contributed by atoms with Crippen LogP contribution in [0.15, 0.2) is 23.1 Å². The van der Waals surface area contributed by atoms with Crippen molar-refractivity contribution in [3.8, 4) is 0 Å². The molecule has 0 aromatic heterocycles. The lowest BCUT2D eigenvalue weighted by atomic mass is 10.1. The van der Waals surface area contributed by atoms with Crippen molar-refractivity contribution in [2.24, 2.45) is 0 Å². The molecule has 1 atom stereocenters. The third-order valence-electron chi connectivity index (χ3n) is 2.64. The summed E-state index contributed by atoms with van der Waals surface area (Å²) in [6, 6.07) is 4.91. The fourth-order valence-electron chi connectivity index (χ4n) is 1.59. The SMILES string of the molecule is CNCC(O)c1ccc(SC2COC2)c(F)c1. The van der Waals surface area contributed by atoms with Crippen LogP contribution in [0.25, 0.3) is 0 Å². The Balaban J connectivity index is 2.04. The molecule has 0 radical (unpaired) electrons. The van der Waals surface area contributed by atoms with Crippen LogP contribution in [0.4, 0.5) is 4.39 Å². The molecule has 1 saturated heterocycles. The number of hydrogen-bond donors (Lipinski definition) is 2. The molecule has 0 aliphatic carbocycles. The lowest BCUT2D eigenvalue weighted by Gasteiger charge is -2.25. The first-order valence-electron chi connectivity index (χ1n) is 5.57. The monoisotopic (exact) mass is 257 g/mol. The van der Waals surface area contributed by atoms with Crippen LogP contribution >= 0.6 is 11.8 Å². The van der Waals surface area contributed by atoms with Gasteiger partial charge in [0.15, 0.2) is 0 Å². The quantitative estimate of drug-likeness (QED) is 0.840. The van der Waals surface area contributed by atoms with E-state index >= 15 is 0 Å². The zero-order chi connectivity index (χ0) is 12.3. The van der Waals surface area contributed by atoms with Crippen molar-refractivity contribution in [2.75, 3.05) is 26.8 Å². The van der Waals surface area contributed by atoms with Crippen molar-refractivity contribution < 1.29 is 14.2 Å². The summed E-state index contributed by atoms with van der Waals surface area (Å²) in [5.74, 6) is -0.269. The average Bonchev–Trinajstić information content (AvgIpc) is 2.25. The number of benzene rings is 1. The molecular formula is C12H16FNO2S. The van der Waals surface area contributed by atoms with Crippen molar-refractivity contribution in [1.29, 1.82) is 0 Å². The van der Waals surface area contributed by atoms with E-state index in [2.05, 4.69) is 5.32 Å². The van der Waals surface area contributed by atoms with Crippen molar-refractivity contribution in [2.45, 2.75) is 16.2 Å². The molecule has 17 heavy (non-hydrogen) atoms. The van der Waals surface area contributed by atoms with Gasteiger partial charge in [-0.1, -0.05) is 6.07 Å². The summed E-state index contributed by atoms with van der Waals surface area (Å²) in [6.45, 7) is 1.80. The van der Waals surface area contributed by atoms with Gasteiger partial charge in [0.05, 0.1) is 24.6 Å². The van der Waals surface area contributed by atoms with E-state index in [1.165, 1.54) is 17.8 Å². The van der Waals surface area contributed by atoms with Crippen LogP contribution in [0, 0.1) is 5.82 Å². The molecule has 1 heterocycles. The summed E-state index contributed by atoms with van der Waals surface area (Å²) in [7, 11) is 1.75. The molecular weight excluding hydrogens is 241 g/mol. The fraction of sp³-hybridized carbons (Fsp3) is 0.500. The minimum Gasteiger partial charge on any atom is -0.387 e. The highest BCUT2D eigenvalue weighted by Crippen LogP contribution is 2.31. The molecule has 1 aliphatic rings. The summed E-state index contributed by atoms with van der Waals surface area (Å²) < 4.78 is 18.8. The molecule has 1 unspecified atom stereocenters. The topological polar surface area (TPSA) is 41.5 Å². The summed E-state index contributed by atoms with van der Waals surface area (Å²) in [5, 5.41) is 12.9. The third-order valence-corrected chi connectivity index (χ3v) is 3.83. The Morgan fingerprint density at radius 1 is 1.59 bits per heavy atom. The van der Waals surface area contributed by atoms with E-state index < -0.39 is 6.10 Å². The second-order valence-electron chi connectivity index (χ2n) is 4.04. The fourth-order valence-corrected chi connectivity index (χ4v) is 2.60. The van der Waals surface area contributed by atoms with Crippen LogP contribution in [0.2, 0.25) is 0 Å². The molecule has 1 aromatic carbocycles. The minimum atomic E-state index is -0.666. The minimum absolute atomic E-state index is 0.269. The predicted molar refractivity (Wildman–Crippen MR) is 65.8 cm³/mol. The Morgan fingerprint density at radius 3 is 2.88 bits per heavy atom. The smallest absolute Gasteiger partial charge is 0.137 e. The maximum absolute atomic E-state index is 13.8. The molecule has 0 bridgehead atoms. The maximum Gasteiger partial charge on any atom is 0.137 e. The first kappa shape index (κ1) is 12.8. The molecule has 2 N–H and O–H groups in total. The van der Waals surface area contributed by atoms with Crippen LogP contribution in [0.1, 0.15) is 11.7 Å². The van der Waals surface area contributed by atoms with Crippen LogP contribution in [-0.2, 0) is 4.74 Å². The second kappa shape index (κ2) is 5.82. The van der Waals surface area contributed by atoms with E-state index in [4.69, 9.17) is 4.74 Å². The van der Waals surface area contributed by atoms with Crippen molar-refractivity contribution in [3.05, 3.63) is 29.6 Å². The number of ether oxygens (including phenoxy) is 1. The number of nitrogens with one attached hydrogen (secondary N) is 1. The van der Waals surface area contributed by atoms with E-state index in [9.17, 15) is 9.50 Å². The van der Waals surface area contributed by atoms with E-state index in [1.54, 1.807) is 19.2 Å². The first-order valence-corrected chi connectivity index (χ1v) is 6.45. The number of rotatable bonds is 5. The van der Waals surface area contributed by atoms with Gasteiger partial charge in [-0.2, -0.15) is 0 Å². The third kappa shape index (κ3) is 3.19. The molecule has 1 aliphatic heterocycles. The summed E-state index contributed by atoms with van der Waals surface area (Å²) in [4.78, 5) is 0.624. The standard InChI is InChI=1S/C12H16FNO2S/c1-14-5-11(15)8-2-3-12(10(13)4-8)17-9-6-16-7-9/h2-4,9,11,14-15H,5-7H2,1H3. The summed E-state index contributed by atoms with van der Waals surface area (Å²) in [6.07, 6.45) is -0.666. The van der Waals surface area contributed by atoms with Gasteiger partial charge in [0.25, 0.3) is 0 Å². The van der Waals surface area contributed by atoms with Gasteiger partial charge in [-0.15, -0.1) is 11.8 Å². The molecule has 5 heteroatoms. The zero-order valence-corrected chi connectivity index (χ0v) is 10.5. The molecule has 1 fully saturated rings.